The Bertz CT molecular complexity index is 206. The number of carbonyl (C=O) groups excluding carboxylic acids is 1. The first kappa shape index (κ1) is 11.9. The second-order valence-corrected chi connectivity index (χ2v) is 5.06. The first-order valence-corrected chi connectivity index (χ1v) is 6.17. The third-order valence-electron chi connectivity index (χ3n) is 2.82. The summed E-state index contributed by atoms with van der Waals surface area (Å²) in [5, 5.41) is 3.60. The Morgan fingerprint density at radius 1 is 1.71 bits per heavy atom. The highest BCUT2D eigenvalue weighted by Crippen LogP contribution is 2.34. The monoisotopic (exact) mass is 217 g/mol. The van der Waals surface area contributed by atoms with Crippen LogP contribution in [0.3, 0.4) is 0 Å². The van der Waals surface area contributed by atoms with Gasteiger partial charge in [-0.25, -0.2) is 0 Å². The van der Waals surface area contributed by atoms with Gasteiger partial charge in [-0.1, -0.05) is 13.8 Å². The molecule has 2 unspecified atom stereocenters. The summed E-state index contributed by atoms with van der Waals surface area (Å²) in [7, 11) is 1.47. The maximum atomic E-state index is 11.8. The lowest BCUT2D eigenvalue weighted by molar-refractivity contribution is -0.149. The summed E-state index contributed by atoms with van der Waals surface area (Å²) in [5.41, 5.74) is -0.452. The van der Waals surface area contributed by atoms with Crippen molar-refractivity contribution in [2.24, 2.45) is 0 Å². The summed E-state index contributed by atoms with van der Waals surface area (Å²) in [6.45, 7) is 4.93. The molecule has 0 aliphatic carbocycles. The van der Waals surface area contributed by atoms with Gasteiger partial charge in [0.15, 0.2) is 0 Å². The van der Waals surface area contributed by atoms with Crippen LogP contribution in [-0.2, 0) is 9.53 Å². The molecule has 1 fully saturated rings. The number of hydrogen-bond donors (Lipinski definition) is 1. The quantitative estimate of drug-likeness (QED) is 0.726. The molecule has 3 nitrogen and oxygen atoms in total. The molecule has 0 bridgehead atoms. The first-order valence-electron chi connectivity index (χ1n) is 5.12. The maximum Gasteiger partial charge on any atom is 0.327 e. The van der Waals surface area contributed by atoms with E-state index < -0.39 is 5.54 Å². The third kappa shape index (κ3) is 2.06. The minimum atomic E-state index is -0.452. The molecule has 1 aliphatic heterocycles. The summed E-state index contributed by atoms with van der Waals surface area (Å²) in [5.74, 6) is 1.03. The Labute approximate surface area is 90.0 Å². The fourth-order valence-corrected chi connectivity index (χ4v) is 3.27. The van der Waals surface area contributed by atoms with Gasteiger partial charge in [-0.3, -0.25) is 4.79 Å². The van der Waals surface area contributed by atoms with Crippen molar-refractivity contribution in [3.05, 3.63) is 0 Å². The molecule has 0 radical (unpaired) electrons. The van der Waals surface area contributed by atoms with Gasteiger partial charge >= 0.3 is 5.97 Å². The molecule has 4 heteroatoms. The Morgan fingerprint density at radius 3 is 2.93 bits per heavy atom. The average molecular weight is 217 g/mol. The molecule has 1 saturated heterocycles. The fourth-order valence-electron chi connectivity index (χ4n) is 2.03. The highest BCUT2D eigenvalue weighted by molar-refractivity contribution is 8.00. The summed E-state index contributed by atoms with van der Waals surface area (Å²) < 4.78 is 4.90. The zero-order valence-electron chi connectivity index (χ0n) is 9.13. The van der Waals surface area contributed by atoms with Crippen molar-refractivity contribution in [1.29, 1.82) is 0 Å². The number of rotatable bonds is 3. The first-order chi connectivity index (χ1) is 6.67. The number of ether oxygens (including phenoxy) is 1. The van der Waals surface area contributed by atoms with Gasteiger partial charge in [-0.05, 0) is 25.1 Å². The zero-order chi connectivity index (χ0) is 10.6. The van der Waals surface area contributed by atoms with Crippen molar-refractivity contribution in [3.8, 4) is 0 Å². The number of nitrogens with one attached hydrogen (secondary N) is 1. The van der Waals surface area contributed by atoms with Crippen LogP contribution in [0.2, 0.25) is 0 Å². The summed E-state index contributed by atoms with van der Waals surface area (Å²) in [6, 6.07) is 0. The van der Waals surface area contributed by atoms with Gasteiger partial charge in [0.2, 0.25) is 0 Å². The molecule has 0 aromatic heterocycles. The van der Waals surface area contributed by atoms with Gasteiger partial charge in [0.1, 0.15) is 5.54 Å². The van der Waals surface area contributed by atoms with Crippen LogP contribution < -0.4 is 5.32 Å². The van der Waals surface area contributed by atoms with Crippen LogP contribution in [-0.4, -0.2) is 36.2 Å². The minimum Gasteiger partial charge on any atom is -0.468 e. The van der Waals surface area contributed by atoms with E-state index in [9.17, 15) is 4.79 Å². The summed E-state index contributed by atoms with van der Waals surface area (Å²) in [6.07, 6.45) is 1.97. The number of methoxy groups -OCH3 is 1. The second kappa shape index (κ2) is 5.03. The topological polar surface area (TPSA) is 38.3 Å². The van der Waals surface area contributed by atoms with Crippen LogP contribution in [0.1, 0.15) is 26.7 Å². The average Bonchev–Trinajstić information content (AvgIpc) is 2.20. The maximum absolute atomic E-state index is 11.8. The number of hydrogen-bond acceptors (Lipinski definition) is 4. The van der Waals surface area contributed by atoms with E-state index in [1.54, 1.807) is 0 Å². The van der Waals surface area contributed by atoms with Crippen molar-refractivity contribution < 1.29 is 9.53 Å². The van der Waals surface area contributed by atoms with E-state index in [4.69, 9.17) is 4.74 Å². The molecule has 0 saturated carbocycles. The van der Waals surface area contributed by atoms with Gasteiger partial charge < -0.3 is 10.1 Å². The summed E-state index contributed by atoms with van der Waals surface area (Å²) in [4.78, 5) is 11.8. The molecule has 14 heavy (non-hydrogen) atoms. The number of esters is 1. The molecule has 0 aromatic rings. The Kier molecular flexibility index (Phi) is 4.26. The Balaban J connectivity index is 2.82. The highest BCUT2D eigenvalue weighted by Gasteiger charge is 2.45. The van der Waals surface area contributed by atoms with Crippen molar-refractivity contribution >= 4 is 17.7 Å². The lowest BCUT2D eigenvalue weighted by Gasteiger charge is -2.40. The SMILES string of the molecule is CCNC1(C(=O)OC)CCCSC1C. The van der Waals surface area contributed by atoms with E-state index in [0.29, 0.717) is 5.25 Å². The van der Waals surface area contributed by atoms with E-state index in [1.807, 2.05) is 18.7 Å². The van der Waals surface area contributed by atoms with Gasteiger partial charge in [-0.2, -0.15) is 11.8 Å². The number of carbonyl (C=O) groups is 1. The standard InChI is InChI=1S/C10H19NO2S/c1-4-11-10(9(12)13-3)6-5-7-14-8(10)2/h8,11H,4-7H2,1-3H3. The van der Waals surface area contributed by atoms with E-state index in [0.717, 1.165) is 25.1 Å². The molecule has 1 heterocycles. The van der Waals surface area contributed by atoms with E-state index in [-0.39, 0.29) is 5.97 Å². The largest absolute Gasteiger partial charge is 0.468 e. The van der Waals surface area contributed by atoms with E-state index >= 15 is 0 Å². The van der Waals surface area contributed by atoms with E-state index in [1.165, 1.54) is 7.11 Å². The smallest absolute Gasteiger partial charge is 0.327 e. The molecular weight excluding hydrogens is 198 g/mol. The van der Waals surface area contributed by atoms with Crippen molar-refractivity contribution in [2.75, 3.05) is 19.4 Å². The lowest BCUT2D eigenvalue weighted by atomic mass is 9.89. The van der Waals surface area contributed by atoms with Gasteiger partial charge in [0.05, 0.1) is 7.11 Å². The van der Waals surface area contributed by atoms with Crippen molar-refractivity contribution in [3.63, 3.8) is 0 Å². The molecule has 0 aromatic carbocycles. The second-order valence-electron chi connectivity index (χ2n) is 3.61. The molecular formula is C10H19NO2S. The minimum absolute atomic E-state index is 0.112. The number of likely N-dealkylation sites (N-methyl/N-ethyl adjacent to an activating group) is 1. The van der Waals surface area contributed by atoms with Crippen molar-refractivity contribution in [1.82, 2.24) is 5.32 Å². The fraction of sp³-hybridized carbons (Fsp3) is 0.900. The summed E-state index contributed by atoms with van der Waals surface area (Å²) >= 11 is 1.85. The molecule has 2 atom stereocenters. The van der Waals surface area contributed by atoms with Gasteiger partial charge in [0.25, 0.3) is 0 Å². The predicted octanol–water partition coefficient (Wildman–Crippen LogP) is 1.42. The number of thioether (sulfide) groups is 1. The van der Waals surface area contributed by atoms with Crippen LogP contribution >= 0.6 is 11.8 Å². The third-order valence-corrected chi connectivity index (χ3v) is 4.25. The van der Waals surface area contributed by atoms with Crippen LogP contribution in [0.4, 0.5) is 0 Å². The van der Waals surface area contributed by atoms with Crippen LogP contribution in [0.15, 0.2) is 0 Å². The Morgan fingerprint density at radius 2 is 2.43 bits per heavy atom. The van der Waals surface area contributed by atoms with Crippen molar-refractivity contribution in [2.45, 2.75) is 37.5 Å². The molecule has 0 amide bonds. The molecule has 1 N–H and O–H groups in total. The molecule has 0 spiro atoms. The Hall–Kier alpha value is -0.220. The molecule has 82 valence electrons. The lowest BCUT2D eigenvalue weighted by Crippen LogP contribution is -2.60. The van der Waals surface area contributed by atoms with Gasteiger partial charge in [0, 0.05) is 5.25 Å². The highest BCUT2D eigenvalue weighted by atomic mass is 32.2. The van der Waals surface area contributed by atoms with Crippen LogP contribution in [0, 0.1) is 0 Å². The van der Waals surface area contributed by atoms with Crippen LogP contribution in [0.5, 0.6) is 0 Å². The molecule has 1 rings (SSSR count). The van der Waals surface area contributed by atoms with E-state index in [2.05, 4.69) is 12.2 Å². The van der Waals surface area contributed by atoms with Crippen LogP contribution in [0.25, 0.3) is 0 Å². The predicted molar refractivity (Wildman–Crippen MR) is 59.6 cm³/mol. The zero-order valence-corrected chi connectivity index (χ0v) is 9.95. The normalized spacial score (nSPS) is 32.6. The molecule has 1 aliphatic rings. The van der Waals surface area contributed by atoms with Gasteiger partial charge in [-0.15, -0.1) is 0 Å².